The predicted molar refractivity (Wildman–Crippen MR) is 163 cm³/mol. The van der Waals surface area contributed by atoms with Gasteiger partial charge in [0.05, 0.1) is 33.8 Å². The van der Waals surface area contributed by atoms with Crippen LogP contribution in [0.1, 0.15) is 59.3 Å². The predicted octanol–water partition coefficient (Wildman–Crippen LogP) is 8.53. The second kappa shape index (κ2) is 7.70. The Morgan fingerprint density at radius 2 is 1.43 bits per heavy atom. The lowest BCUT2D eigenvalue weighted by atomic mass is 9.75. The maximum atomic E-state index is 5.26. The summed E-state index contributed by atoms with van der Waals surface area (Å²) >= 11 is 0. The number of aromatic amines is 2. The molecule has 0 saturated carbocycles. The Hall–Kier alpha value is -4.70. The summed E-state index contributed by atoms with van der Waals surface area (Å²) < 4.78 is 0. The van der Waals surface area contributed by atoms with E-state index in [-0.39, 0.29) is 17.3 Å². The molecule has 4 aromatic heterocycles. The van der Waals surface area contributed by atoms with Gasteiger partial charge in [-0.05, 0) is 71.0 Å². The zero-order valence-electron chi connectivity index (χ0n) is 22.5. The molecule has 3 atom stereocenters. The molecule has 0 saturated heterocycles. The lowest BCUT2D eigenvalue weighted by Gasteiger charge is -2.31. The Morgan fingerprint density at radius 3 is 2.23 bits per heavy atom. The molecule has 4 heteroatoms. The van der Waals surface area contributed by atoms with Crippen LogP contribution >= 0.6 is 0 Å². The fourth-order valence-corrected chi connectivity index (χ4v) is 7.20. The average Bonchev–Trinajstić information content (AvgIpc) is 3.68. The molecule has 2 N–H and O–H groups in total. The molecular weight excluding hydrogens is 488 g/mol. The first-order valence-electron chi connectivity index (χ1n) is 14.2. The average molecular weight is 517 g/mol. The number of rotatable bonds is 0. The highest BCUT2D eigenvalue weighted by molar-refractivity contribution is 5.90. The maximum absolute atomic E-state index is 5.26. The van der Waals surface area contributed by atoms with E-state index in [0.29, 0.717) is 0 Å². The van der Waals surface area contributed by atoms with Crippen molar-refractivity contribution in [2.24, 2.45) is 0 Å². The van der Waals surface area contributed by atoms with Crippen LogP contribution < -0.4 is 0 Å². The van der Waals surface area contributed by atoms with E-state index in [1.807, 2.05) is 0 Å². The van der Waals surface area contributed by atoms with Gasteiger partial charge < -0.3 is 9.97 Å². The van der Waals surface area contributed by atoms with Gasteiger partial charge in [-0.1, -0.05) is 74.5 Å². The van der Waals surface area contributed by atoms with E-state index in [4.69, 9.17) is 9.97 Å². The molecule has 9 rings (SSSR count). The molecule has 12 bridgehead atoms. The number of aromatic nitrogens is 4. The van der Waals surface area contributed by atoms with Crippen molar-refractivity contribution in [2.45, 2.75) is 37.5 Å². The molecule has 0 spiro atoms. The molecule has 40 heavy (non-hydrogen) atoms. The smallest absolute Gasteiger partial charge is 0.0872 e. The topological polar surface area (TPSA) is 57.4 Å². The van der Waals surface area contributed by atoms with E-state index < -0.39 is 0 Å². The summed E-state index contributed by atoms with van der Waals surface area (Å²) in [5, 5.41) is 2.35. The third kappa shape index (κ3) is 3.02. The Morgan fingerprint density at radius 1 is 0.725 bits per heavy atom. The molecule has 0 fully saturated rings. The summed E-state index contributed by atoms with van der Waals surface area (Å²) in [5.41, 5.74) is 13.6. The first kappa shape index (κ1) is 22.2. The van der Waals surface area contributed by atoms with Gasteiger partial charge in [-0.3, -0.25) is 0 Å². The Kier molecular flexibility index (Phi) is 4.26. The number of fused-ring (bicyclic) bond motifs is 12. The van der Waals surface area contributed by atoms with Crippen LogP contribution in [0.15, 0.2) is 84.9 Å². The van der Waals surface area contributed by atoms with Crippen molar-refractivity contribution in [2.75, 3.05) is 0 Å². The second-order valence-electron chi connectivity index (χ2n) is 12.0. The SMILES string of the molecule is CC1c2c3ccc4ccc(nc24)-c2ccc([nH]2)-c2ccc4ccc5c(c4n2)CC(C)(C=C5)c2ccc([nH]2)C1C=C3. The Balaban J connectivity index is 1.34. The molecule has 1 aliphatic heterocycles. The van der Waals surface area contributed by atoms with Crippen LogP contribution in [-0.4, -0.2) is 19.9 Å². The van der Waals surface area contributed by atoms with Crippen LogP contribution in [-0.2, 0) is 11.8 Å². The van der Waals surface area contributed by atoms with Crippen LogP contribution in [0.5, 0.6) is 0 Å². The van der Waals surface area contributed by atoms with E-state index in [1.54, 1.807) is 0 Å². The fraction of sp³-hybridized carbons (Fsp3) is 0.167. The van der Waals surface area contributed by atoms with Crippen LogP contribution in [0.3, 0.4) is 0 Å². The van der Waals surface area contributed by atoms with Gasteiger partial charge in [0.15, 0.2) is 0 Å². The van der Waals surface area contributed by atoms with Gasteiger partial charge in [-0.15, -0.1) is 0 Å². The lowest BCUT2D eigenvalue weighted by Crippen LogP contribution is -2.26. The maximum Gasteiger partial charge on any atom is 0.0872 e. The molecular formula is C36H28N4. The van der Waals surface area contributed by atoms with Crippen LogP contribution in [0.25, 0.3) is 56.7 Å². The molecule has 0 radical (unpaired) electrons. The third-order valence-electron chi connectivity index (χ3n) is 9.51. The van der Waals surface area contributed by atoms with E-state index in [2.05, 4.69) is 121 Å². The van der Waals surface area contributed by atoms with Gasteiger partial charge in [0.2, 0.25) is 0 Å². The minimum absolute atomic E-state index is 0.148. The van der Waals surface area contributed by atoms with Crippen molar-refractivity contribution < 1.29 is 0 Å². The van der Waals surface area contributed by atoms with E-state index in [0.717, 1.165) is 40.2 Å². The number of benzene rings is 2. The molecule has 5 heterocycles. The van der Waals surface area contributed by atoms with Crippen molar-refractivity contribution >= 4 is 34.0 Å². The molecule has 2 aromatic carbocycles. The van der Waals surface area contributed by atoms with Gasteiger partial charge in [0.25, 0.3) is 0 Å². The van der Waals surface area contributed by atoms with E-state index >= 15 is 0 Å². The summed E-state index contributed by atoms with van der Waals surface area (Å²) in [6.45, 7) is 4.69. The normalized spacial score (nSPS) is 22.1. The zero-order valence-corrected chi connectivity index (χ0v) is 22.5. The number of hydrogen-bond acceptors (Lipinski definition) is 2. The van der Waals surface area contributed by atoms with Crippen molar-refractivity contribution in [3.05, 3.63) is 119 Å². The highest BCUT2D eigenvalue weighted by Gasteiger charge is 2.33. The molecule has 3 unspecified atom stereocenters. The van der Waals surface area contributed by atoms with Gasteiger partial charge in [-0.25, -0.2) is 9.97 Å². The number of allylic oxidation sites excluding steroid dienone is 2. The van der Waals surface area contributed by atoms with Gasteiger partial charge in [0.1, 0.15) is 0 Å². The Labute approximate surface area is 232 Å². The Bertz CT molecular complexity index is 2090. The van der Waals surface area contributed by atoms with Crippen molar-refractivity contribution in [3.8, 4) is 22.8 Å². The monoisotopic (exact) mass is 516 g/mol. The molecule has 4 nitrogen and oxygen atoms in total. The second-order valence-corrected chi connectivity index (χ2v) is 12.0. The van der Waals surface area contributed by atoms with Crippen molar-refractivity contribution in [1.29, 1.82) is 0 Å². The first-order valence-corrected chi connectivity index (χ1v) is 14.2. The number of H-pyrrole nitrogens is 2. The third-order valence-corrected chi connectivity index (χ3v) is 9.51. The van der Waals surface area contributed by atoms with Gasteiger partial charge in [0, 0.05) is 33.5 Å². The molecule has 6 aromatic rings. The standard InChI is InChI=1S/C36H28N4/c1-20-25-10-7-22-4-6-24-9-12-31(40-35(24)33(20)22)29-14-13-28(37-29)30-11-8-23-5-3-21-17-18-36(2,19-26(21)34(23)39-30)32-16-15-27(25)38-32/h3-18,20,25,37-38H,19H2,1-2H3. The van der Waals surface area contributed by atoms with Crippen molar-refractivity contribution in [1.82, 2.24) is 19.9 Å². The van der Waals surface area contributed by atoms with Gasteiger partial charge in [-0.2, -0.15) is 0 Å². The van der Waals surface area contributed by atoms with E-state index in [9.17, 15) is 0 Å². The molecule has 3 aliphatic rings. The minimum Gasteiger partial charge on any atom is -0.361 e. The highest BCUT2D eigenvalue weighted by atomic mass is 14.8. The summed E-state index contributed by atoms with van der Waals surface area (Å²) in [7, 11) is 0. The zero-order chi connectivity index (χ0) is 26.6. The van der Waals surface area contributed by atoms with Gasteiger partial charge >= 0.3 is 0 Å². The number of hydrogen-bond donors (Lipinski definition) is 2. The minimum atomic E-state index is -0.148. The van der Waals surface area contributed by atoms with Crippen LogP contribution in [0, 0.1) is 0 Å². The number of nitrogens with zero attached hydrogens (tertiary/aromatic N) is 2. The van der Waals surface area contributed by atoms with Crippen molar-refractivity contribution in [3.63, 3.8) is 0 Å². The quantitative estimate of drug-likeness (QED) is 0.213. The van der Waals surface area contributed by atoms with Crippen LogP contribution in [0.4, 0.5) is 0 Å². The molecule has 0 amide bonds. The lowest BCUT2D eigenvalue weighted by molar-refractivity contribution is 0.566. The summed E-state index contributed by atoms with van der Waals surface area (Å²) in [4.78, 5) is 18.0. The summed E-state index contributed by atoms with van der Waals surface area (Å²) in [5.74, 6) is 0.539. The van der Waals surface area contributed by atoms with E-state index in [1.165, 1.54) is 44.4 Å². The number of pyridine rings is 2. The fourth-order valence-electron chi connectivity index (χ4n) is 7.20. The first-order chi connectivity index (χ1) is 19.5. The highest BCUT2D eigenvalue weighted by Crippen LogP contribution is 2.45. The van der Waals surface area contributed by atoms with Crippen LogP contribution in [0.2, 0.25) is 0 Å². The molecule has 192 valence electrons. The molecule has 2 aliphatic carbocycles. The summed E-state index contributed by atoms with van der Waals surface area (Å²) in [6.07, 6.45) is 10.2. The summed E-state index contributed by atoms with van der Waals surface area (Å²) in [6, 6.07) is 26.4. The number of nitrogens with one attached hydrogen (secondary N) is 2. The largest absolute Gasteiger partial charge is 0.361 e.